The predicted molar refractivity (Wildman–Crippen MR) is 63.6 cm³/mol. The van der Waals surface area contributed by atoms with Gasteiger partial charge in [-0.2, -0.15) is 0 Å². The molecule has 1 aromatic carbocycles. The summed E-state index contributed by atoms with van der Waals surface area (Å²) in [6.07, 6.45) is 1.13. The minimum Gasteiger partial charge on any atom is -0.492 e. The van der Waals surface area contributed by atoms with Crippen molar-refractivity contribution < 1.29 is 9.47 Å². The minimum absolute atomic E-state index is 0.575. The summed E-state index contributed by atoms with van der Waals surface area (Å²) in [5.74, 6) is 1.56. The molecule has 0 radical (unpaired) electrons. The van der Waals surface area contributed by atoms with Crippen molar-refractivity contribution in [1.82, 2.24) is 0 Å². The molecule has 1 aliphatic rings. The molecule has 1 atom stereocenters. The van der Waals surface area contributed by atoms with E-state index >= 15 is 0 Å². The van der Waals surface area contributed by atoms with Crippen molar-refractivity contribution in [2.45, 2.75) is 6.42 Å². The Hall–Kier alpha value is -0.290. The predicted octanol–water partition coefficient (Wildman–Crippen LogP) is 2.71. The highest BCUT2D eigenvalue weighted by molar-refractivity contribution is 14.1. The molecule has 1 unspecified atom stereocenters. The van der Waals surface area contributed by atoms with Crippen molar-refractivity contribution in [1.29, 1.82) is 0 Å². The van der Waals surface area contributed by atoms with Gasteiger partial charge in [-0.1, -0.05) is 12.1 Å². The molecule has 14 heavy (non-hydrogen) atoms. The van der Waals surface area contributed by atoms with Crippen LogP contribution in [0.3, 0.4) is 0 Å². The van der Waals surface area contributed by atoms with Crippen LogP contribution in [-0.4, -0.2) is 19.8 Å². The number of halogens is 1. The highest BCUT2D eigenvalue weighted by Crippen LogP contribution is 2.21. The summed E-state index contributed by atoms with van der Waals surface area (Å²) in [5, 5.41) is 0. The van der Waals surface area contributed by atoms with E-state index in [0.29, 0.717) is 5.92 Å². The lowest BCUT2D eigenvalue weighted by Gasteiger charge is -2.11. The highest BCUT2D eigenvalue weighted by Gasteiger charge is 2.16. The van der Waals surface area contributed by atoms with Crippen LogP contribution in [-0.2, 0) is 4.74 Å². The number of hydrogen-bond acceptors (Lipinski definition) is 2. The molecule has 76 valence electrons. The normalized spacial score (nSPS) is 21.1. The van der Waals surface area contributed by atoms with Crippen LogP contribution < -0.4 is 4.74 Å². The first-order valence-corrected chi connectivity index (χ1v) is 5.89. The molecule has 0 N–H and O–H groups in total. The van der Waals surface area contributed by atoms with Crippen LogP contribution in [0.15, 0.2) is 24.3 Å². The standard InChI is InChI=1S/C11H13IO2/c12-10-3-1-2-4-11(10)14-8-9-5-6-13-7-9/h1-4,9H,5-8H2. The maximum atomic E-state index is 5.73. The van der Waals surface area contributed by atoms with E-state index in [9.17, 15) is 0 Å². The summed E-state index contributed by atoms with van der Waals surface area (Å²) in [6, 6.07) is 8.09. The van der Waals surface area contributed by atoms with E-state index in [1.165, 1.54) is 3.57 Å². The maximum absolute atomic E-state index is 5.73. The molecule has 2 nitrogen and oxygen atoms in total. The number of rotatable bonds is 3. The number of benzene rings is 1. The Morgan fingerprint density at radius 3 is 3.00 bits per heavy atom. The van der Waals surface area contributed by atoms with Crippen molar-refractivity contribution in [3.63, 3.8) is 0 Å². The monoisotopic (exact) mass is 304 g/mol. The van der Waals surface area contributed by atoms with Crippen molar-refractivity contribution in [2.75, 3.05) is 19.8 Å². The molecule has 0 saturated carbocycles. The SMILES string of the molecule is Ic1ccccc1OCC1CCOC1. The van der Waals surface area contributed by atoms with Crippen molar-refractivity contribution >= 4 is 22.6 Å². The van der Waals surface area contributed by atoms with Crippen molar-refractivity contribution in [3.05, 3.63) is 27.8 Å². The summed E-state index contributed by atoms with van der Waals surface area (Å²) in [7, 11) is 0. The van der Waals surface area contributed by atoms with E-state index in [1.54, 1.807) is 0 Å². The number of hydrogen-bond donors (Lipinski definition) is 0. The Morgan fingerprint density at radius 1 is 1.43 bits per heavy atom. The summed E-state index contributed by atoms with van der Waals surface area (Å²) < 4.78 is 12.2. The maximum Gasteiger partial charge on any atom is 0.132 e. The fourth-order valence-corrected chi connectivity index (χ4v) is 2.03. The van der Waals surface area contributed by atoms with E-state index in [-0.39, 0.29) is 0 Å². The van der Waals surface area contributed by atoms with Gasteiger partial charge in [0.1, 0.15) is 5.75 Å². The molecular formula is C11H13IO2. The average Bonchev–Trinajstić information content (AvgIpc) is 2.69. The zero-order chi connectivity index (χ0) is 9.80. The molecule has 2 rings (SSSR count). The van der Waals surface area contributed by atoms with E-state index in [4.69, 9.17) is 9.47 Å². The molecule has 0 aromatic heterocycles. The van der Waals surface area contributed by atoms with Crippen LogP contribution in [0.25, 0.3) is 0 Å². The van der Waals surface area contributed by atoms with Gasteiger partial charge >= 0.3 is 0 Å². The van der Waals surface area contributed by atoms with Gasteiger partial charge in [0.05, 0.1) is 16.8 Å². The van der Waals surface area contributed by atoms with Crippen LogP contribution in [0, 0.1) is 9.49 Å². The summed E-state index contributed by atoms with van der Waals surface area (Å²) in [5.41, 5.74) is 0. The zero-order valence-electron chi connectivity index (χ0n) is 7.91. The lowest BCUT2D eigenvalue weighted by molar-refractivity contribution is 0.167. The first-order valence-electron chi connectivity index (χ1n) is 4.81. The quantitative estimate of drug-likeness (QED) is 0.800. The van der Waals surface area contributed by atoms with Crippen LogP contribution in [0.5, 0.6) is 5.75 Å². The zero-order valence-corrected chi connectivity index (χ0v) is 10.1. The smallest absolute Gasteiger partial charge is 0.132 e. The van der Waals surface area contributed by atoms with Gasteiger partial charge in [-0.15, -0.1) is 0 Å². The van der Waals surface area contributed by atoms with Crippen molar-refractivity contribution in [2.24, 2.45) is 5.92 Å². The molecule has 1 aromatic rings. The van der Waals surface area contributed by atoms with E-state index in [2.05, 4.69) is 28.7 Å². The second kappa shape index (κ2) is 4.98. The molecular weight excluding hydrogens is 291 g/mol. The van der Waals surface area contributed by atoms with Gasteiger partial charge in [-0.3, -0.25) is 0 Å². The Morgan fingerprint density at radius 2 is 2.29 bits per heavy atom. The van der Waals surface area contributed by atoms with Gasteiger partial charge in [-0.25, -0.2) is 0 Å². The summed E-state index contributed by atoms with van der Waals surface area (Å²) in [4.78, 5) is 0. The molecule has 1 fully saturated rings. The largest absolute Gasteiger partial charge is 0.492 e. The van der Waals surface area contributed by atoms with Gasteiger partial charge in [-0.05, 0) is 41.1 Å². The summed E-state index contributed by atoms with van der Waals surface area (Å²) >= 11 is 2.29. The Labute approximate surface area is 97.7 Å². The Kier molecular flexibility index (Phi) is 3.64. The number of ether oxygens (including phenoxy) is 2. The van der Waals surface area contributed by atoms with Gasteiger partial charge in [0.25, 0.3) is 0 Å². The van der Waals surface area contributed by atoms with Gasteiger partial charge in [0, 0.05) is 12.5 Å². The molecule has 0 amide bonds. The Balaban J connectivity index is 1.88. The van der Waals surface area contributed by atoms with Crippen molar-refractivity contribution in [3.8, 4) is 5.75 Å². The second-order valence-electron chi connectivity index (χ2n) is 3.47. The lowest BCUT2D eigenvalue weighted by Crippen LogP contribution is -2.12. The van der Waals surface area contributed by atoms with E-state index in [1.807, 2.05) is 18.2 Å². The fraction of sp³-hybridized carbons (Fsp3) is 0.455. The molecule has 0 aliphatic carbocycles. The topological polar surface area (TPSA) is 18.5 Å². The third kappa shape index (κ3) is 2.60. The lowest BCUT2D eigenvalue weighted by atomic mass is 10.1. The van der Waals surface area contributed by atoms with Gasteiger partial charge < -0.3 is 9.47 Å². The molecule has 1 saturated heterocycles. The second-order valence-corrected chi connectivity index (χ2v) is 4.63. The third-order valence-electron chi connectivity index (χ3n) is 2.34. The first kappa shape index (κ1) is 10.2. The van der Waals surface area contributed by atoms with Gasteiger partial charge in [0.15, 0.2) is 0 Å². The molecule has 0 spiro atoms. The van der Waals surface area contributed by atoms with Crippen LogP contribution in [0.1, 0.15) is 6.42 Å². The molecule has 1 aliphatic heterocycles. The van der Waals surface area contributed by atoms with Crippen LogP contribution >= 0.6 is 22.6 Å². The summed E-state index contributed by atoms with van der Waals surface area (Å²) in [6.45, 7) is 2.52. The fourth-order valence-electron chi connectivity index (χ4n) is 1.48. The molecule has 3 heteroatoms. The first-order chi connectivity index (χ1) is 6.86. The van der Waals surface area contributed by atoms with Crippen LogP contribution in [0.2, 0.25) is 0 Å². The van der Waals surface area contributed by atoms with E-state index in [0.717, 1.165) is 32.0 Å². The van der Waals surface area contributed by atoms with Crippen LogP contribution in [0.4, 0.5) is 0 Å². The highest BCUT2D eigenvalue weighted by atomic mass is 127. The average molecular weight is 304 g/mol. The molecule has 1 heterocycles. The molecule has 0 bridgehead atoms. The number of para-hydroxylation sites is 1. The Bertz CT molecular complexity index is 295. The van der Waals surface area contributed by atoms with E-state index < -0.39 is 0 Å². The minimum atomic E-state index is 0.575. The van der Waals surface area contributed by atoms with Gasteiger partial charge in [0.2, 0.25) is 0 Å². The third-order valence-corrected chi connectivity index (χ3v) is 3.23.